The molecule has 0 spiro atoms. The maximum absolute atomic E-state index is 12.6. The monoisotopic (exact) mass is 318 g/mol. The molecule has 2 atom stereocenters. The lowest BCUT2D eigenvalue weighted by Gasteiger charge is -2.40. The lowest BCUT2D eigenvalue weighted by atomic mass is 10.0. The van der Waals surface area contributed by atoms with Gasteiger partial charge >= 0.3 is 0 Å². The Balaban J connectivity index is 1.57. The summed E-state index contributed by atoms with van der Waals surface area (Å²) >= 11 is 0. The second-order valence-electron chi connectivity index (χ2n) is 6.43. The van der Waals surface area contributed by atoms with Crippen LogP contribution < -0.4 is 0 Å². The standard InChI is InChI=1S/C18H26N2O3/c1-19-9-10-20(17(12-19)15-6-3-2-4-7-15)18(21)14-22-13-16-8-5-11-23-16/h2-4,6-7,16-17H,5,8-14H2,1H3/t16-,17+/m0/s1. The van der Waals surface area contributed by atoms with Gasteiger partial charge in [-0.05, 0) is 25.5 Å². The van der Waals surface area contributed by atoms with Gasteiger partial charge in [0.15, 0.2) is 0 Å². The normalized spacial score (nSPS) is 25.7. The zero-order chi connectivity index (χ0) is 16.1. The van der Waals surface area contributed by atoms with Crippen LogP contribution in [-0.2, 0) is 14.3 Å². The molecule has 3 rings (SSSR count). The number of rotatable bonds is 5. The van der Waals surface area contributed by atoms with Gasteiger partial charge in [0.25, 0.3) is 0 Å². The lowest BCUT2D eigenvalue weighted by Crippen LogP contribution is -2.50. The van der Waals surface area contributed by atoms with Gasteiger partial charge < -0.3 is 19.3 Å². The molecule has 5 nitrogen and oxygen atoms in total. The van der Waals surface area contributed by atoms with Crippen molar-refractivity contribution in [2.24, 2.45) is 0 Å². The van der Waals surface area contributed by atoms with E-state index in [1.807, 2.05) is 23.1 Å². The molecule has 5 heteroatoms. The second-order valence-corrected chi connectivity index (χ2v) is 6.43. The van der Waals surface area contributed by atoms with Crippen molar-refractivity contribution >= 4 is 5.91 Å². The van der Waals surface area contributed by atoms with E-state index in [9.17, 15) is 4.79 Å². The first kappa shape index (κ1) is 16.4. The molecule has 0 bridgehead atoms. The Morgan fingerprint density at radius 1 is 1.30 bits per heavy atom. The average molecular weight is 318 g/mol. The summed E-state index contributed by atoms with van der Waals surface area (Å²) in [5.74, 6) is 0.0740. The van der Waals surface area contributed by atoms with E-state index in [4.69, 9.17) is 9.47 Å². The number of hydrogen-bond acceptors (Lipinski definition) is 4. The van der Waals surface area contributed by atoms with E-state index < -0.39 is 0 Å². The molecule has 1 amide bonds. The van der Waals surface area contributed by atoms with Gasteiger partial charge in [-0.2, -0.15) is 0 Å². The third kappa shape index (κ3) is 4.31. The van der Waals surface area contributed by atoms with E-state index in [-0.39, 0.29) is 24.7 Å². The maximum atomic E-state index is 12.6. The number of benzene rings is 1. The molecule has 1 aromatic carbocycles. The fourth-order valence-electron chi connectivity index (χ4n) is 3.31. The van der Waals surface area contributed by atoms with Gasteiger partial charge in [-0.25, -0.2) is 0 Å². The van der Waals surface area contributed by atoms with Gasteiger partial charge in [-0.1, -0.05) is 30.3 Å². The van der Waals surface area contributed by atoms with Gasteiger partial charge in [0.2, 0.25) is 5.91 Å². The fourth-order valence-corrected chi connectivity index (χ4v) is 3.31. The molecule has 2 fully saturated rings. The highest BCUT2D eigenvalue weighted by molar-refractivity contribution is 5.78. The molecule has 0 unspecified atom stereocenters. The highest BCUT2D eigenvalue weighted by atomic mass is 16.5. The summed E-state index contributed by atoms with van der Waals surface area (Å²) in [6.45, 7) is 4.00. The Bertz CT molecular complexity index is 502. The summed E-state index contributed by atoms with van der Waals surface area (Å²) in [5, 5.41) is 0. The molecule has 0 aliphatic carbocycles. The van der Waals surface area contributed by atoms with Gasteiger partial charge in [0, 0.05) is 26.2 Å². The van der Waals surface area contributed by atoms with Crippen LogP contribution in [-0.4, -0.2) is 68.3 Å². The third-order valence-electron chi connectivity index (χ3n) is 4.64. The van der Waals surface area contributed by atoms with E-state index in [2.05, 4.69) is 24.1 Å². The number of hydrogen-bond donors (Lipinski definition) is 0. The molecule has 2 heterocycles. The smallest absolute Gasteiger partial charge is 0.249 e. The van der Waals surface area contributed by atoms with Crippen LogP contribution in [0.5, 0.6) is 0 Å². The first-order valence-electron chi connectivity index (χ1n) is 8.46. The predicted octanol–water partition coefficient (Wildman–Crippen LogP) is 1.70. The SMILES string of the molecule is CN1CCN(C(=O)COC[C@@H]2CCCO2)[C@@H](c2ccccc2)C1. The highest BCUT2D eigenvalue weighted by Crippen LogP contribution is 2.25. The number of carbonyl (C=O) groups is 1. The topological polar surface area (TPSA) is 42.0 Å². The molecule has 0 saturated carbocycles. The van der Waals surface area contributed by atoms with Crippen LogP contribution in [0, 0.1) is 0 Å². The number of piperazine rings is 1. The van der Waals surface area contributed by atoms with Crippen molar-refractivity contribution in [3.05, 3.63) is 35.9 Å². The quantitative estimate of drug-likeness (QED) is 0.829. The van der Waals surface area contributed by atoms with Crippen molar-refractivity contribution in [2.75, 3.05) is 46.5 Å². The van der Waals surface area contributed by atoms with Crippen LogP contribution in [0.25, 0.3) is 0 Å². The van der Waals surface area contributed by atoms with Crippen LogP contribution in [0.4, 0.5) is 0 Å². The van der Waals surface area contributed by atoms with Gasteiger partial charge in [0.1, 0.15) is 6.61 Å². The fraction of sp³-hybridized carbons (Fsp3) is 0.611. The van der Waals surface area contributed by atoms with Crippen LogP contribution in [0.2, 0.25) is 0 Å². The first-order valence-corrected chi connectivity index (χ1v) is 8.46. The predicted molar refractivity (Wildman–Crippen MR) is 88.2 cm³/mol. The summed E-state index contributed by atoms with van der Waals surface area (Å²) in [4.78, 5) is 16.8. The van der Waals surface area contributed by atoms with Crippen LogP contribution >= 0.6 is 0 Å². The molecule has 2 saturated heterocycles. The summed E-state index contributed by atoms with van der Waals surface area (Å²) in [5.41, 5.74) is 1.19. The van der Waals surface area contributed by atoms with Gasteiger partial charge in [-0.3, -0.25) is 4.79 Å². The zero-order valence-corrected chi connectivity index (χ0v) is 13.8. The number of carbonyl (C=O) groups excluding carboxylic acids is 1. The van der Waals surface area contributed by atoms with E-state index in [1.54, 1.807) is 0 Å². The molecule has 0 N–H and O–H groups in total. The highest BCUT2D eigenvalue weighted by Gasteiger charge is 2.30. The zero-order valence-electron chi connectivity index (χ0n) is 13.8. The lowest BCUT2D eigenvalue weighted by molar-refractivity contribution is -0.142. The largest absolute Gasteiger partial charge is 0.376 e. The van der Waals surface area contributed by atoms with Crippen molar-refractivity contribution in [2.45, 2.75) is 25.0 Å². The van der Waals surface area contributed by atoms with Crippen molar-refractivity contribution in [1.29, 1.82) is 0 Å². The minimum atomic E-state index is 0.0740. The minimum Gasteiger partial charge on any atom is -0.376 e. The molecule has 23 heavy (non-hydrogen) atoms. The minimum absolute atomic E-state index is 0.0740. The molecule has 1 aromatic rings. The van der Waals surface area contributed by atoms with Crippen LogP contribution in [0.1, 0.15) is 24.4 Å². The summed E-state index contributed by atoms with van der Waals surface area (Å²) in [6, 6.07) is 10.4. The van der Waals surface area contributed by atoms with Crippen molar-refractivity contribution in [3.8, 4) is 0 Å². The second kappa shape index (κ2) is 7.90. The van der Waals surface area contributed by atoms with Crippen LogP contribution in [0.15, 0.2) is 30.3 Å². The Labute approximate surface area is 138 Å². The average Bonchev–Trinajstić information content (AvgIpc) is 3.09. The number of nitrogens with zero attached hydrogens (tertiary/aromatic N) is 2. The Kier molecular flexibility index (Phi) is 5.65. The van der Waals surface area contributed by atoms with E-state index in [0.29, 0.717) is 6.61 Å². The first-order chi connectivity index (χ1) is 11.2. The Morgan fingerprint density at radius 3 is 2.87 bits per heavy atom. The summed E-state index contributed by atoms with van der Waals surface area (Å²) < 4.78 is 11.1. The Morgan fingerprint density at radius 2 is 2.13 bits per heavy atom. The maximum Gasteiger partial charge on any atom is 0.249 e. The molecule has 2 aliphatic rings. The molecular weight excluding hydrogens is 292 g/mol. The van der Waals surface area contributed by atoms with Crippen molar-refractivity contribution in [3.63, 3.8) is 0 Å². The van der Waals surface area contributed by atoms with Crippen LogP contribution in [0.3, 0.4) is 0 Å². The Hall–Kier alpha value is -1.43. The summed E-state index contributed by atoms with van der Waals surface area (Å²) in [7, 11) is 2.10. The van der Waals surface area contributed by atoms with E-state index in [1.165, 1.54) is 5.56 Å². The van der Waals surface area contributed by atoms with Crippen molar-refractivity contribution in [1.82, 2.24) is 9.80 Å². The number of amides is 1. The van der Waals surface area contributed by atoms with E-state index >= 15 is 0 Å². The number of ether oxygens (including phenoxy) is 2. The molecule has 0 aromatic heterocycles. The molecular formula is C18H26N2O3. The van der Waals surface area contributed by atoms with E-state index in [0.717, 1.165) is 39.1 Å². The number of likely N-dealkylation sites (N-methyl/N-ethyl adjacent to an activating group) is 1. The van der Waals surface area contributed by atoms with Gasteiger partial charge in [0.05, 0.1) is 18.8 Å². The molecule has 0 radical (unpaired) electrons. The third-order valence-corrected chi connectivity index (χ3v) is 4.64. The summed E-state index contributed by atoms with van der Waals surface area (Å²) in [6.07, 6.45) is 2.30. The molecule has 2 aliphatic heterocycles. The van der Waals surface area contributed by atoms with Crippen molar-refractivity contribution < 1.29 is 14.3 Å². The van der Waals surface area contributed by atoms with Gasteiger partial charge in [-0.15, -0.1) is 0 Å². The molecule has 126 valence electrons.